The second-order valence-electron chi connectivity index (χ2n) is 6.98. The van der Waals surface area contributed by atoms with Crippen LogP contribution in [-0.4, -0.2) is 45.9 Å². The molecule has 1 fully saturated rings. The fraction of sp³-hybridized carbons (Fsp3) is 0.350. The quantitative estimate of drug-likeness (QED) is 0.767. The van der Waals surface area contributed by atoms with Crippen LogP contribution in [0.15, 0.2) is 47.1 Å². The van der Waals surface area contributed by atoms with Crippen molar-refractivity contribution in [2.24, 2.45) is 0 Å². The maximum atomic E-state index is 13.0. The summed E-state index contributed by atoms with van der Waals surface area (Å²) in [5, 5.41) is 11.5. The predicted molar refractivity (Wildman–Crippen MR) is 103 cm³/mol. The fourth-order valence-corrected chi connectivity index (χ4v) is 3.56. The summed E-state index contributed by atoms with van der Waals surface area (Å²) in [7, 11) is 2.13. The molecule has 1 saturated heterocycles. The number of benzene rings is 1. The minimum atomic E-state index is -0.234. The van der Waals surface area contributed by atoms with Gasteiger partial charge in [-0.2, -0.15) is 5.10 Å². The van der Waals surface area contributed by atoms with Gasteiger partial charge < -0.3 is 14.7 Å². The van der Waals surface area contributed by atoms with E-state index in [1.165, 1.54) is 0 Å². The zero-order valence-corrected chi connectivity index (χ0v) is 15.6. The normalized spacial score (nSPS) is 15.8. The lowest BCUT2D eigenvalue weighted by Gasteiger charge is -2.30. The third kappa shape index (κ3) is 3.50. The van der Waals surface area contributed by atoms with Crippen LogP contribution in [0.4, 0.5) is 5.82 Å². The summed E-state index contributed by atoms with van der Waals surface area (Å²) >= 11 is 0. The van der Waals surface area contributed by atoms with Gasteiger partial charge in [-0.15, -0.1) is 0 Å². The number of hydrogen-bond acceptors (Lipinski definition) is 5. The van der Waals surface area contributed by atoms with Crippen molar-refractivity contribution in [3.63, 3.8) is 0 Å². The molecule has 1 N–H and O–H groups in total. The van der Waals surface area contributed by atoms with Crippen LogP contribution in [0.25, 0.3) is 11.3 Å². The highest BCUT2D eigenvalue weighted by Gasteiger charge is 2.25. The Balaban J connectivity index is 1.58. The number of carbonyl (C=O) groups excluding carboxylic acids is 1. The van der Waals surface area contributed by atoms with Gasteiger partial charge in [-0.05, 0) is 39.9 Å². The van der Waals surface area contributed by atoms with Crippen molar-refractivity contribution < 1.29 is 9.32 Å². The van der Waals surface area contributed by atoms with Crippen molar-refractivity contribution in [2.45, 2.75) is 25.8 Å². The zero-order valence-electron chi connectivity index (χ0n) is 15.6. The van der Waals surface area contributed by atoms with Crippen molar-refractivity contribution in [2.75, 3.05) is 25.5 Å². The second-order valence-corrected chi connectivity index (χ2v) is 6.98. The maximum Gasteiger partial charge on any atom is 0.262 e. The van der Waals surface area contributed by atoms with E-state index in [0.29, 0.717) is 28.9 Å². The average molecular weight is 365 g/mol. The smallest absolute Gasteiger partial charge is 0.262 e. The number of hydrogen-bond donors (Lipinski definition) is 1. The van der Waals surface area contributed by atoms with E-state index in [4.69, 9.17) is 4.52 Å². The molecule has 7 heteroatoms. The standard InChI is InChI=1S/C20H23N5O2/c1-14-18(19(23-27-14)15-6-4-3-5-7-15)20(26)22-17-8-11-21-25(17)16-9-12-24(2)13-10-16/h3-8,11,16H,9-10,12-13H2,1-2H3,(H,22,26). The lowest BCUT2D eigenvalue weighted by Crippen LogP contribution is -2.32. The number of anilines is 1. The topological polar surface area (TPSA) is 76.2 Å². The number of rotatable bonds is 4. The Morgan fingerprint density at radius 2 is 1.93 bits per heavy atom. The number of amides is 1. The van der Waals surface area contributed by atoms with E-state index in [2.05, 4.69) is 27.5 Å². The largest absolute Gasteiger partial charge is 0.360 e. The lowest BCUT2D eigenvalue weighted by molar-refractivity contribution is 0.102. The van der Waals surface area contributed by atoms with E-state index >= 15 is 0 Å². The highest BCUT2D eigenvalue weighted by Crippen LogP contribution is 2.28. The predicted octanol–water partition coefficient (Wildman–Crippen LogP) is 3.37. The fourth-order valence-electron chi connectivity index (χ4n) is 3.56. The summed E-state index contributed by atoms with van der Waals surface area (Å²) in [6, 6.07) is 11.7. The Kier molecular flexibility index (Phi) is 4.77. The third-order valence-electron chi connectivity index (χ3n) is 5.08. The van der Waals surface area contributed by atoms with Gasteiger partial charge >= 0.3 is 0 Å². The van der Waals surface area contributed by atoms with E-state index in [0.717, 1.165) is 31.5 Å². The molecular formula is C20H23N5O2. The Bertz CT molecular complexity index is 923. The van der Waals surface area contributed by atoms with Gasteiger partial charge in [-0.1, -0.05) is 35.5 Å². The molecule has 0 atom stereocenters. The summed E-state index contributed by atoms with van der Waals surface area (Å²) in [6.45, 7) is 3.81. The summed E-state index contributed by atoms with van der Waals surface area (Å²) in [6.07, 6.45) is 3.76. The molecule has 27 heavy (non-hydrogen) atoms. The first kappa shape index (κ1) is 17.5. The van der Waals surface area contributed by atoms with Crippen molar-refractivity contribution in [3.8, 4) is 11.3 Å². The van der Waals surface area contributed by atoms with E-state index in [-0.39, 0.29) is 5.91 Å². The summed E-state index contributed by atoms with van der Waals surface area (Å²) in [5.41, 5.74) is 1.86. The van der Waals surface area contributed by atoms with Gasteiger partial charge in [0.05, 0.1) is 12.2 Å². The number of nitrogens with one attached hydrogen (secondary N) is 1. The van der Waals surface area contributed by atoms with E-state index in [1.807, 2.05) is 41.1 Å². The van der Waals surface area contributed by atoms with Gasteiger partial charge in [0.25, 0.3) is 5.91 Å². The molecule has 2 aromatic heterocycles. The molecule has 0 aliphatic carbocycles. The minimum Gasteiger partial charge on any atom is -0.360 e. The first-order chi connectivity index (χ1) is 13.1. The van der Waals surface area contributed by atoms with Crippen LogP contribution in [0.1, 0.15) is 35.0 Å². The average Bonchev–Trinajstić information content (AvgIpc) is 3.29. The van der Waals surface area contributed by atoms with Gasteiger partial charge in [-0.25, -0.2) is 4.68 Å². The van der Waals surface area contributed by atoms with Gasteiger partial charge in [0.2, 0.25) is 0 Å². The van der Waals surface area contributed by atoms with Gasteiger partial charge in [0.15, 0.2) is 0 Å². The molecule has 0 saturated carbocycles. The first-order valence-corrected chi connectivity index (χ1v) is 9.18. The zero-order chi connectivity index (χ0) is 18.8. The Morgan fingerprint density at radius 3 is 2.67 bits per heavy atom. The van der Waals surface area contributed by atoms with Crippen LogP contribution in [0.3, 0.4) is 0 Å². The molecule has 7 nitrogen and oxygen atoms in total. The Labute approximate surface area is 158 Å². The molecule has 3 heterocycles. The molecule has 0 unspecified atom stereocenters. The number of piperidine rings is 1. The maximum absolute atomic E-state index is 13.0. The molecule has 0 radical (unpaired) electrons. The molecular weight excluding hydrogens is 342 g/mol. The van der Waals surface area contributed by atoms with Crippen LogP contribution >= 0.6 is 0 Å². The third-order valence-corrected chi connectivity index (χ3v) is 5.08. The summed E-state index contributed by atoms with van der Waals surface area (Å²) in [5.74, 6) is 0.966. The molecule has 0 spiro atoms. The highest BCUT2D eigenvalue weighted by molar-refractivity contribution is 6.08. The lowest BCUT2D eigenvalue weighted by atomic mass is 10.1. The first-order valence-electron chi connectivity index (χ1n) is 9.18. The number of likely N-dealkylation sites (tertiary alicyclic amines) is 1. The van der Waals surface area contributed by atoms with Gasteiger partial charge in [0.1, 0.15) is 22.8 Å². The second kappa shape index (κ2) is 7.36. The molecule has 1 aliphatic rings. The summed E-state index contributed by atoms with van der Waals surface area (Å²) < 4.78 is 7.24. The van der Waals surface area contributed by atoms with Gasteiger partial charge in [-0.3, -0.25) is 4.79 Å². The van der Waals surface area contributed by atoms with Crippen LogP contribution in [0, 0.1) is 6.92 Å². The monoisotopic (exact) mass is 365 g/mol. The molecule has 4 rings (SSSR count). The summed E-state index contributed by atoms with van der Waals surface area (Å²) in [4.78, 5) is 15.3. The number of aryl methyl sites for hydroxylation is 1. The van der Waals surface area contributed by atoms with Crippen LogP contribution in [0.2, 0.25) is 0 Å². The van der Waals surface area contributed by atoms with Crippen LogP contribution < -0.4 is 5.32 Å². The van der Waals surface area contributed by atoms with Crippen LogP contribution in [0.5, 0.6) is 0 Å². The SMILES string of the molecule is Cc1onc(-c2ccccc2)c1C(=O)Nc1ccnn1C1CCN(C)CC1. The molecule has 1 aliphatic heterocycles. The molecule has 3 aromatic rings. The van der Waals surface area contributed by atoms with Crippen molar-refractivity contribution in [3.05, 3.63) is 53.9 Å². The molecule has 1 aromatic carbocycles. The molecule has 1 amide bonds. The number of nitrogens with zero attached hydrogens (tertiary/aromatic N) is 4. The van der Waals surface area contributed by atoms with E-state index < -0.39 is 0 Å². The van der Waals surface area contributed by atoms with E-state index in [1.54, 1.807) is 13.1 Å². The molecule has 140 valence electrons. The minimum absolute atomic E-state index is 0.234. The van der Waals surface area contributed by atoms with Crippen molar-refractivity contribution in [1.29, 1.82) is 0 Å². The number of carbonyl (C=O) groups is 1. The van der Waals surface area contributed by atoms with Crippen molar-refractivity contribution in [1.82, 2.24) is 19.8 Å². The Morgan fingerprint density at radius 1 is 1.19 bits per heavy atom. The van der Waals surface area contributed by atoms with Gasteiger partial charge in [0, 0.05) is 11.6 Å². The molecule has 0 bridgehead atoms. The van der Waals surface area contributed by atoms with E-state index in [9.17, 15) is 4.79 Å². The van der Waals surface area contributed by atoms with Crippen LogP contribution in [-0.2, 0) is 0 Å². The number of aromatic nitrogens is 3. The Hall–Kier alpha value is -2.93. The highest BCUT2D eigenvalue weighted by atomic mass is 16.5. The van der Waals surface area contributed by atoms with Crippen molar-refractivity contribution >= 4 is 11.7 Å².